The van der Waals surface area contributed by atoms with Gasteiger partial charge in [0.2, 0.25) is 0 Å². The summed E-state index contributed by atoms with van der Waals surface area (Å²) in [5, 5.41) is 41.2. The number of hydrogen-bond donors (Lipinski definition) is 5. The van der Waals surface area contributed by atoms with E-state index in [2.05, 4.69) is 25.8 Å². The minimum Gasteiger partial charge on any atom is -0.505 e. The van der Waals surface area contributed by atoms with Crippen molar-refractivity contribution in [3.63, 3.8) is 0 Å². The standard InChI is InChI=1S/C31H26FN7O9S2/c1-15-4-6-19(7-5-15)35-37-29-17(3)10-18-12-26(50(46,47)48)30(28(33)27(18)31(29)40)38-36-23-13-20(8-9-25(23)49(43,44)45)34-22-14-21(32)16(2)11-24(22)39(41)42/h4-14,34,40H,33H2,1-3H3,(H,43,44,45)(H,46,47,48). The zero-order valence-corrected chi connectivity index (χ0v) is 27.8. The molecule has 0 heterocycles. The zero-order chi connectivity index (χ0) is 36.7. The van der Waals surface area contributed by atoms with Gasteiger partial charge >= 0.3 is 0 Å². The van der Waals surface area contributed by atoms with Crippen LogP contribution in [-0.2, 0) is 20.2 Å². The summed E-state index contributed by atoms with van der Waals surface area (Å²) in [5.41, 5.74) is 5.29. The Morgan fingerprint density at radius 2 is 1.44 bits per heavy atom. The molecule has 0 radical (unpaired) electrons. The van der Waals surface area contributed by atoms with E-state index in [1.54, 1.807) is 31.2 Å². The molecule has 0 spiro atoms. The monoisotopic (exact) mass is 723 g/mol. The van der Waals surface area contributed by atoms with E-state index in [1.165, 1.54) is 13.0 Å². The summed E-state index contributed by atoms with van der Waals surface area (Å²) >= 11 is 0. The number of fused-ring (bicyclic) bond motifs is 1. The summed E-state index contributed by atoms with van der Waals surface area (Å²) < 4.78 is 83.6. The number of nitrogens with two attached hydrogens (primary N) is 1. The molecule has 258 valence electrons. The Kier molecular flexibility index (Phi) is 9.35. The maximum atomic E-state index is 14.3. The van der Waals surface area contributed by atoms with Gasteiger partial charge in [0.05, 0.1) is 21.7 Å². The smallest absolute Gasteiger partial charge is 0.296 e. The van der Waals surface area contributed by atoms with Gasteiger partial charge in [0, 0.05) is 17.8 Å². The fourth-order valence-electron chi connectivity index (χ4n) is 4.89. The van der Waals surface area contributed by atoms with Crippen LogP contribution in [0.3, 0.4) is 0 Å². The number of nitro benzene ring substituents is 1. The largest absolute Gasteiger partial charge is 0.505 e. The lowest BCUT2D eigenvalue weighted by Gasteiger charge is -2.14. The fraction of sp³-hybridized carbons (Fsp3) is 0.0968. The second-order valence-electron chi connectivity index (χ2n) is 11.0. The minimum atomic E-state index is -5.08. The molecule has 0 aliphatic rings. The first-order valence-electron chi connectivity index (χ1n) is 14.1. The molecule has 6 N–H and O–H groups in total. The highest BCUT2D eigenvalue weighted by molar-refractivity contribution is 7.86. The van der Waals surface area contributed by atoms with Crippen LogP contribution in [-0.4, -0.2) is 36.0 Å². The lowest BCUT2D eigenvalue weighted by Crippen LogP contribution is -2.02. The van der Waals surface area contributed by atoms with Crippen LogP contribution in [0.15, 0.2) is 97.0 Å². The predicted molar refractivity (Wildman–Crippen MR) is 181 cm³/mol. The Bertz CT molecular complexity index is 2510. The molecular formula is C31H26FN7O9S2. The minimum absolute atomic E-state index is 0.0104. The number of nitrogen functional groups attached to an aromatic ring is 1. The SMILES string of the molecule is Cc1ccc(N=Nc2c(C)cc3cc(S(=O)(=O)O)c(N=Nc4cc(Nc5cc(F)c(C)cc5[N+](=O)[O-])ccc4S(=O)(=O)O)c(N)c3c2O)cc1. The van der Waals surface area contributed by atoms with Crippen molar-refractivity contribution in [3.8, 4) is 5.75 Å². The molecule has 0 aliphatic heterocycles. The normalized spacial score (nSPS) is 12.3. The number of nitro groups is 1. The third-order valence-corrected chi connectivity index (χ3v) is 9.13. The van der Waals surface area contributed by atoms with Crippen LogP contribution >= 0.6 is 0 Å². The molecule has 0 amide bonds. The van der Waals surface area contributed by atoms with E-state index >= 15 is 0 Å². The van der Waals surface area contributed by atoms with E-state index in [1.807, 2.05) is 6.92 Å². The number of nitrogens with zero attached hydrogens (tertiary/aromatic N) is 5. The van der Waals surface area contributed by atoms with Crippen molar-refractivity contribution in [1.82, 2.24) is 0 Å². The van der Waals surface area contributed by atoms with Gasteiger partial charge in [0.15, 0.2) is 5.75 Å². The Morgan fingerprint density at radius 1 is 0.800 bits per heavy atom. The van der Waals surface area contributed by atoms with Gasteiger partial charge in [0.1, 0.15) is 38.4 Å². The topological polar surface area (TPSA) is 260 Å². The predicted octanol–water partition coefficient (Wildman–Crippen LogP) is 8.17. The molecule has 0 atom stereocenters. The summed E-state index contributed by atoms with van der Waals surface area (Å²) in [7, 11) is -10.1. The van der Waals surface area contributed by atoms with Crippen LogP contribution < -0.4 is 11.1 Å². The lowest BCUT2D eigenvalue weighted by molar-refractivity contribution is -0.384. The highest BCUT2D eigenvalue weighted by Crippen LogP contribution is 2.47. The molecule has 0 aromatic heterocycles. The van der Waals surface area contributed by atoms with E-state index in [4.69, 9.17) is 5.73 Å². The number of aromatic hydroxyl groups is 1. The summed E-state index contributed by atoms with van der Waals surface area (Å²) in [6, 6.07) is 14.1. The third-order valence-electron chi connectivity index (χ3n) is 7.36. The van der Waals surface area contributed by atoms with Gasteiger partial charge in [-0.3, -0.25) is 19.2 Å². The van der Waals surface area contributed by atoms with Crippen LogP contribution in [0.5, 0.6) is 5.75 Å². The molecule has 50 heavy (non-hydrogen) atoms. The van der Waals surface area contributed by atoms with E-state index in [9.17, 15) is 45.6 Å². The Balaban J connectivity index is 1.67. The molecule has 0 saturated carbocycles. The molecule has 0 saturated heterocycles. The van der Waals surface area contributed by atoms with Crippen molar-refractivity contribution in [1.29, 1.82) is 0 Å². The first kappa shape index (κ1) is 35.4. The van der Waals surface area contributed by atoms with Crippen molar-refractivity contribution in [2.24, 2.45) is 20.5 Å². The van der Waals surface area contributed by atoms with Crippen molar-refractivity contribution >= 4 is 76.5 Å². The average Bonchev–Trinajstić information content (AvgIpc) is 3.01. The van der Waals surface area contributed by atoms with Crippen molar-refractivity contribution in [2.75, 3.05) is 11.1 Å². The molecular weight excluding hydrogens is 698 g/mol. The molecule has 0 unspecified atom stereocenters. The van der Waals surface area contributed by atoms with Gasteiger partial charge in [-0.15, -0.1) is 15.3 Å². The van der Waals surface area contributed by atoms with Crippen LogP contribution in [0, 0.1) is 36.7 Å². The Labute approximate surface area is 283 Å². The van der Waals surface area contributed by atoms with E-state index < -0.39 is 69.3 Å². The Hall–Kier alpha value is -5.89. The van der Waals surface area contributed by atoms with E-state index in [0.717, 1.165) is 42.0 Å². The maximum Gasteiger partial charge on any atom is 0.296 e. The second-order valence-corrected chi connectivity index (χ2v) is 13.8. The van der Waals surface area contributed by atoms with Gasteiger partial charge in [0.25, 0.3) is 25.9 Å². The van der Waals surface area contributed by atoms with Gasteiger partial charge in [-0.05, 0) is 79.7 Å². The molecule has 19 heteroatoms. The first-order valence-corrected chi connectivity index (χ1v) is 17.0. The van der Waals surface area contributed by atoms with E-state index in [0.29, 0.717) is 11.3 Å². The molecule has 5 aromatic rings. The number of anilines is 3. The number of azo groups is 2. The number of halogens is 1. The number of benzene rings is 5. The second kappa shape index (κ2) is 13.2. The summed E-state index contributed by atoms with van der Waals surface area (Å²) in [6.07, 6.45) is 0. The van der Waals surface area contributed by atoms with Crippen molar-refractivity contribution in [3.05, 3.63) is 99.4 Å². The zero-order valence-electron chi connectivity index (χ0n) is 26.1. The molecule has 0 fully saturated rings. The first-order chi connectivity index (χ1) is 23.3. The van der Waals surface area contributed by atoms with Crippen LogP contribution in [0.2, 0.25) is 0 Å². The molecule has 0 aliphatic carbocycles. The maximum absolute atomic E-state index is 14.3. The number of hydrogen-bond acceptors (Lipinski definition) is 13. The van der Waals surface area contributed by atoms with Crippen LogP contribution in [0.25, 0.3) is 10.8 Å². The van der Waals surface area contributed by atoms with Crippen LogP contribution in [0.4, 0.5) is 49.9 Å². The highest BCUT2D eigenvalue weighted by atomic mass is 32.2. The van der Waals surface area contributed by atoms with Crippen molar-refractivity contribution < 1.29 is 40.4 Å². The summed E-state index contributed by atoms with van der Waals surface area (Å²) in [4.78, 5) is 9.12. The summed E-state index contributed by atoms with van der Waals surface area (Å²) in [6.45, 7) is 4.77. The fourth-order valence-corrected chi connectivity index (χ4v) is 6.16. The Morgan fingerprint density at radius 3 is 2.06 bits per heavy atom. The van der Waals surface area contributed by atoms with Gasteiger partial charge in [-0.25, -0.2) is 4.39 Å². The molecule has 0 bridgehead atoms. The molecule has 5 rings (SSSR count). The third kappa shape index (κ3) is 7.25. The number of rotatable bonds is 9. The number of nitrogens with one attached hydrogen (secondary N) is 1. The number of phenols is 1. The van der Waals surface area contributed by atoms with Gasteiger partial charge in [-0.2, -0.15) is 21.9 Å². The molecule has 5 aromatic carbocycles. The quantitative estimate of drug-likeness (QED) is 0.0318. The van der Waals surface area contributed by atoms with Gasteiger partial charge < -0.3 is 16.2 Å². The van der Waals surface area contributed by atoms with Crippen molar-refractivity contribution in [2.45, 2.75) is 30.6 Å². The van der Waals surface area contributed by atoms with Gasteiger partial charge in [-0.1, -0.05) is 17.7 Å². The average molecular weight is 724 g/mol. The molecule has 16 nitrogen and oxygen atoms in total. The highest BCUT2D eigenvalue weighted by Gasteiger charge is 2.25. The van der Waals surface area contributed by atoms with Crippen LogP contribution in [0.1, 0.15) is 16.7 Å². The lowest BCUT2D eigenvalue weighted by atomic mass is 10.0. The number of phenolic OH excluding ortho intramolecular Hbond substituents is 1. The summed E-state index contributed by atoms with van der Waals surface area (Å²) in [5.74, 6) is -1.31. The number of aryl methyl sites for hydroxylation is 3. The van der Waals surface area contributed by atoms with E-state index in [-0.39, 0.29) is 33.4 Å².